The lowest BCUT2D eigenvalue weighted by atomic mass is 10.0. The molecule has 0 saturated heterocycles. The van der Waals surface area contributed by atoms with Crippen LogP contribution in [0.3, 0.4) is 0 Å². The van der Waals surface area contributed by atoms with Crippen molar-refractivity contribution in [1.82, 2.24) is 0 Å². The van der Waals surface area contributed by atoms with Crippen LogP contribution in [-0.2, 0) is 14.0 Å². The Morgan fingerprint density at radius 1 is 1.15 bits per heavy atom. The maximum atomic E-state index is 11.7. The van der Waals surface area contributed by atoms with Gasteiger partial charge in [-0.2, -0.15) is 0 Å². The maximum Gasteiger partial charge on any atom is 0.333 e. The molecule has 0 bridgehead atoms. The van der Waals surface area contributed by atoms with Gasteiger partial charge in [0, 0.05) is 5.57 Å². The van der Waals surface area contributed by atoms with Crippen molar-refractivity contribution in [2.24, 2.45) is 0 Å². The second-order valence-electron chi connectivity index (χ2n) is 8.62. The first kappa shape index (κ1) is 25.8. The Balaban J connectivity index is 5.15. The number of allylic oxidation sites excluding steroid dienone is 3. The van der Waals surface area contributed by atoms with E-state index in [1.807, 2.05) is 25.2 Å². The predicted octanol–water partition coefficient (Wildman–Crippen LogP) is 5.55. The number of esters is 1. The normalized spacial score (nSPS) is 15.7. The minimum absolute atomic E-state index is 0.00322. The molecular weight excluding hydrogens is 356 g/mol. The standard InChI is InChI=1S/C22H40O4Si/c1-10-25-21(24)19(4)13-11-17(2)12-14-20(18(3)15-16-23)26-27(8,9)22(5,6)7/h11,13,15,20,23H,10,12,14,16H2,1-9H3/b17-11+,18-15-,19-13+. The molecule has 1 atom stereocenters. The highest BCUT2D eigenvalue weighted by atomic mass is 28.4. The summed E-state index contributed by atoms with van der Waals surface area (Å²) in [6.07, 6.45) is 7.33. The summed E-state index contributed by atoms with van der Waals surface area (Å²) in [5, 5.41) is 9.41. The van der Waals surface area contributed by atoms with E-state index in [4.69, 9.17) is 9.16 Å². The number of rotatable bonds is 10. The lowest BCUT2D eigenvalue weighted by Crippen LogP contribution is -2.44. The fourth-order valence-electron chi connectivity index (χ4n) is 2.21. The topological polar surface area (TPSA) is 55.8 Å². The van der Waals surface area contributed by atoms with Crippen LogP contribution < -0.4 is 0 Å². The molecule has 156 valence electrons. The number of carbonyl (C=O) groups is 1. The molecule has 0 spiro atoms. The molecule has 0 amide bonds. The molecule has 4 nitrogen and oxygen atoms in total. The van der Waals surface area contributed by atoms with Gasteiger partial charge >= 0.3 is 5.97 Å². The summed E-state index contributed by atoms with van der Waals surface area (Å²) in [5.41, 5.74) is 2.86. The zero-order chi connectivity index (χ0) is 21.3. The van der Waals surface area contributed by atoms with Gasteiger partial charge in [-0.3, -0.25) is 0 Å². The molecule has 1 N–H and O–H groups in total. The zero-order valence-corrected chi connectivity index (χ0v) is 19.8. The van der Waals surface area contributed by atoms with Crippen LogP contribution >= 0.6 is 0 Å². The zero-order valence-electron chi connectivity index (χ0n) is 18.8. The van der Waals surface area contributed by atoms with Crippen LogP contribution in [0.5, 0.6) is 0 Å². The van der Waals surface area contributed by atoms with E-state index >= 15 is 0 Å². The van der Waals surface area contributed by atoms with Gasteiger partial charge in [-0.1, -0.05) is 44.6 Å². The van der Waals surface area contributed by atoms with Gasteiger partial charge in [0.25, 0.3) is 0 Å². The van der Waals surface area contributed by atoms with E-state index in [0.29, 0.717) is 12.2 Å². The SMILES string of the molecule is CCOC(=O)/C(C)=C/C=C(\C)CCC(O[Si](C)(C)C(C)(C)C)/C(C)=C\CO. The van der Waals surface area contributed by atoms with Crippen LogP contribution in [0.4, 0.5) is 0 Å². The summed E-state index contributed by atoms with van der Waals surface area (Å²) in [6.45, 7) is 19.3. The minimum Gasteiger partial charge on any atom is -0.463 e. The molecule has 27 heavy (non-hydrogen) atoms. The van der Waals surface area contributed by atoms with Crippen molar-refractivity contribution in [3.8, 4) is 0 Å². The summed E-state index contributed by atoms with van der Waals surface area (Å²) in [5.74, 6) is -0.276. The molecule has 0 aliphatic carbocycles. The first-order valence-corrected chi connectivity index (χ1v) is 12.7. The van der Waals surface area contributed by atoms with Crippen molar-refractivity contribution in [2.45, 2.75) is 85.5 Å². The molecule has 5 heteroatoms. The number of hydrogen-bond acceptors (Lipinski definition) is 4. The van der Waals surface area contributed by atoms with Gasteiger partial charge in [-0.15, -0.1) is 0 Å². The van der Waals surface area contributed by atoms with E-state index < -0.39 is 8.32 Å². The van der Waals surface area contributed by atoms with Crippen LogP contribution in [-0.4, -0.2) is 38.7 Å². The lowest BCUT2D eigenvalue weighted by molar-refractivity contribution is -0.138. The first-order valence-electron chi connectivity index (χ1n) is 9.82. The monoisotopic (exact) mass is 396 g/mol. The van der Waals surface area contributed by atoms with Gasteiger partial charge in [-0.05, 0) is 64.2 Å². The second kappa shape index (κ2) is 11.6. The van der Waals surface area contributed by atoms with Gasteiger partial charge in [0.1, 0.15) is 0 Å². The van der Waals surface area contributed by atoms with Crippen LogP contribution in [0.1, 0.15) is 61.3 Å². The molecule has 0 aliphatic heterocycles. The Bertz CT molecular complexity index is 565. The van der Waals surface area contributed by atoms with Gasteiger partial charge in [0.15, 0.2) is 8.32 Å². The summed E-state index contributed by atoms with van der Waals surface area (Å²) in [4.78, 5) is 11.7. The molecule has 0 aromatic carbocycles. The van der Waals surface area contributed by atoms with E-state index in [1.54, 1.807) is 13.8 Å². The fourth-order valence-corrected chi connectivity index (χ4v) is 3.58. The molecule has 1 unspecified atom stereocenters. The van der Waals surface area contributed by atoms with Crippen LogP contribution in [0.15, 0.2) is 34.9 Å². The molecule has 0 radical (unpaired) electrons. The molecule has 0 aromatic heterocycles. The molecular formula is C22H40O4Si. The van der Waals surface area contributed by atoms with E-state index in [1.165, 1.54) is 5.57 Å². The molecule has 0 rings (SSSR count). The summed E-state index contributed by atoms with van der Waals surface area (Å²) >= 11 is 0. The Hall–Kier alpha value is -1.17. The second-order valence-corrected chi connectivity index (χ2v) is 13.4. The average Bonchev–Trinajstić information content (AvgIpc) is 2.55. The van der Waals surface area contributed by atoms with Crippen molar-refractivity contribution in [3.63, 3.8) is 0 Å². The number of carbonyl (C=O) groups excluding carboxylic acids is 1. The molecule has 0 aromatic rings. The Labute approximate surface area is 167 Å². The van der Waals surface area contributed by atoms with Crippen LogP contribution in [0.2, 0.25) is 18.1 Å². The fraction of sp³-hybridized carbons (Fsp3) is 0.682. The molecule has 0 fully saturated rings. The third kappa shape index (κ3) is 9.54. The number of aliphatic hydroxyl groups is 1. The van der Waals surface area contributed by atoms with Crippen molar-refractivity contribution in [2.75, 3.05) is 13.2 Å². The highest BCUT2D eigenvalue weighted by molar-refractivity contribution is 6.74. The first-order chi connectivity index (χ1) is 12.4. The Kier molecular flexibility index (Phi) is 11.1. The van der Waals surface area contributed by atoms with E-state index in [0.717, 1.165) is 18.4 Å². The highest BCUT2D eigenvalue weighted by Crippen LogP contribution is 2.38. The van der Waals surface area contributed by atoms with Gasteiger partial charge in [-0.25, -0.2) is 4.79 Å². The predicted molar refractivity (Wildman–Crippen MR) is 116 cm³/mol. The number of hydrogen-bond donors (Lipinski definition) is 1. The maximum absolute atomic E-state index is 11.7. The number of ether oxygens (including phenoxy) is 1. The quantitative estimate of drug-likeness (QED) is 0.173. The highest BCUT2D eigenvalue weighted by Gasteiger charge is 2.39. The van der Waals surface area contributed by atoms with Crippen molar-refractivity contribution < 1.29 is 19.1 Å². The van der Waals surface area contributed by atoms with E-state index in [2.05, 4.69) is 40.8 Å². The third-order valence-electron chi connectivity index (χ3n) is 5.18. The summed E-state index contributed by atoms with van der Waals surface area (Å²) < 4.78 is 11.6. The van der Waals surface area contributed by atoms with Gasteiger partial charge in [0.05, 0.1) is 19.3 Å². The third-order valence-corrected chi connectivity index (χ3v) is 9.67. The Morgan fingerprint density at radius 2 is 1.74 bits per heavy atom. The van der Waals surface area contributed by atoms with Crippen molar-refractivity contribution in [1.29, 1.82) is 0 Å². The van der Waals surface area contributed by atoms with Crippen molar-refractivity contribution >= 4 is 14.3 Å². The van der Waals surface area contributed by atoms with Crippen molar-refractivity contribution in [3.05, 3.63) is 34.9 Å². The smallest absolute Gasteiger partial charge is 0.333 e. The van der Waals surface area contributed by atoms with Crippen LogP contribution in [0.25, 0.3) is 0 Å². The largest absolute Gasteiger partial charge is 0.463 e. The lowest BCUT2D eigenvalue weighted by Gasteiger charge is -2.39. The minimum atomic E-state index is -1.91. The number of aliphatic hydroxyl groups excluding tert-OH is 1. The Morgan fingerprint density at radius 3 is 2.22 bits per heavy atom. The molecule has 0 saturated carbocycles. The van der Waals surface area contributed by atoms with E-state index in [-0.39, 0.29) is 23.7 Å². The molecule has 0 heterocycles. The summed E-state index contributed by atoms with van der Waals surface area (Å²) in [7, 11) is -1.91. The van der Waals surface area contributed by atoms with Crippen LogP contribution in [0, 0.1) is 0 Å². The van der Waals surface area contributed by atoms with E-state index in [9.17, 15) is 9.90 Å². The van der Waals surface area contributed by atoms with Gasteiger partial charge < -0.3 is 14.3 Å². The summed E-state index contributed by atoms with van der Waals surface area (Å²) in [6, 6.07) is 0. The average molecular weight is 397 g/mol. The van der Waals surface area contributed by atoms with Gasteiger partial charge in [0.2, 0.25) is 0 Å². The molecule has 0 aliphatic rings.